The molecule has 0 unspecified atom stereocenters. The summed E-state index contributed by atoms with van der Waals surface area (Å²) in [6.45, 7) is 2.95. The van der Waals surface area contributed by atoms with Crippen LogP contribution < -0.4 is 10.4 Å². The highest BCUT2D eigenvalue weighted by Gasteiger charge is 2.09. The van der Waals surface area contributed by atoms with Gasteiger partial charge in [0.1, 0.15) is 17.4 Å². The second-order valence-corrected chi connectivity index (χ2v) is 6.87. The van der Waals surface area contributed by atoms with E-state index in [1.807, 2.05) is 37.3 Å². The van der Waals surface area contributed by atoms with E-state index in [-0.39, 0.29) is 5.69 Å². The lowest BCUT2D eigenvalue weighted by Crippen LogP contribution is -2.24. The third-order valence-electron chi connectivity index (χ3n) is 3.86. The lowest BCUT2D eigenvalue weighted by atomic mass is 10.3. The van der Waals surface area contributed by atoms with Gasteiger partial charge in [0, 0.05) is 6.54 Å². The molecule has 0 fully saturated rings. The quantitative estimate of drug-likeness (QED) is 0.524. The van der Waals surface area contributed by atoms with E-state index in [2.05, 4.69) is 21.5 Å². The zero-order valence-electron chi connectivity index (χ0n) is 14.2. The molecule has 0 aliphatic heterocycles. The van der Waals surface area contributed by atoms with E-state index in [1.54, 1.807) is 23.5 Å². The van der Waals surface area contributed by atoms with Gasteiger partial charge in [0.15, 0.2) is 0 Å². The molecule has 7 nitrogen and oxygen atoms in total. The fourth-order valence-corrected chi connectivity index (χ4v) is 3.48. The van der Waals surface area contributed by atoms with Crippen molar-refractivity contribution in [3.05, 3.63) is 64.0 Å². The van der Waals surface area contributed by atoms with Crippen LogP contribution in [-0.4, -0.2) is 24.8 Å². The Morgan fingerprint density at radius 1 is 1.08 bits per heavy atom. The highest BCUT2D eigenvalue weighted by molar-refractivity contribution is 7.18. The summed E-state index contributed by atoms with van der Waals surface area (Å²) in [5, 5.41) is 8.73. The molecule has 2 aromatic heterocycles. The maximum atomic E-state index is 12.2. The molecule has 4 rings (SSSR count). The predicted octanol–water partition coefficient (Wildman–Crippen LogP) is 3.03. The van der Waals surface area contributed by atoms with Gasteiger partial charge in [0.05, 0.1) is 15.9 Å². The first-order chi connectivity index (χ1) is 12.7. The number of fused-ring (bicyclic) bond motifs is 1. The van der Waals surface area contributed by atoms with Gasteiger partial charge in [-0.3, -0.25) is 0 Å². The first-order valence-corrected chi connectivity index (χ1v) is 9.17. The molecular formula is C18H17N5O2S. The summed E-state index contributed by atoms with van der Waals surface area (Å²) in [6.07, 6.45) is 0.831. The van der Waals surface area contributed by atoms with Crippen LogP contribution in [0.25, 0.3) is 15.9 Å². The van der Waals surface area contributed by atoms with Crippen LogP contribution in [0.15, 0.2) is 53.3 Å². The minimum Gasteiger partial charge on any atom is -0.486 e. The zero-order chi connectivity index (χ0) is 17.9. The van der Waals surface area contributed by atoms with E-state index < -0.39 is 0 Å². The molecule has 8 heteroatoms. The number of hydrogen-bond donors (Lipinski definition) is 0. The molecule has 2 heterocycles. The third kappa shape index (κ3) is 3.23. The zero-order valence-corrected chi connectivity index (χ0v) is 15.0. The molecule has 0 saturated carbocycles. The molecule has 0 spiro atoms. The van der Waals surface area contributed by atoms with Gasteiger partial charge in [-0.1, -0.05) is 19.1 Å². The van der Waals surface area contributed by atoms with Gasteiger partial charge >= 0.3 is 5.69 Å². The number of ether oxygens (including phenoxy) is 1. The monoisotopic (exact) mass is 367 g/mol. The summed E-state index contributed by atoms with van der Waals surface area (Å²) in [5.41, 5.74) is 1.40. The van der Waals surface area contributed by atoms with E-state index in [1.165, 1.54) is 9.36 Å². The Labute approximate surface area is 153 Å². The Morgan fingerprint density at radius 2 is 1.88 bits per heavy atom. The Hall–Kier alpha value is -3.00. The molecule has 4 aromatic rings. The fraction of sp³-hybridized carbons (Fsp3) is 0.222. The number of nitrogens with zero attached hydrogens (tertiary/aromatic N) is 5. The highest BCUT2D eigenvalue weighted by Crippen LogP contribution is 2.23. The van der Waals surface area contributed by atoms with Crippen LogP contribution >= 0.6 is 11.3 Å². The van der Waals surface area contributed by atoms with E-state index in [0.29, 0.717) is 24.6 Å². The van der Waals surface area contributed by atoms with E-state index >= 15 is 0 Å². The summed E-state index contributed by atoms with van der Waals surface area (Å²) in [7, 11) is 0. The average Bonchev–Trinajstić information content (AvgIpc) is 3.24. The molecule has 0 amide bonds. The van der Waals surface area contributed by atoms with Crippen molar-refractivity contribution < 1.29 is 4.74 Å². The third-order valence-corrected chi connectivity index (χ3v) is 4.87. The number of rotatable bonds is 6. The van der Waals surface area contributed by atoms with Crippen LogP contribution in [0.3, 0.4) is 0 Å². The first-order valence-electron chi connectivity index (χ1n) is 8.35. The van der Waals surface area contributed by atoms with Gasteiger partial charge in [-0.15, -0.1) is 11.3 Å². The van der Waals surface area contributed by atoms with Crippen LogP contribution in [0.4, 0.5) is 0 Å². The second-order valence-electron chi connectivity index (χ2n) is 5.75. The number of benzene rings is 2. The standard InChI is InChI=1S/C18H17N5O2S/c1-2-11-22-18(24)23(21-20-22)13-7-9-14(10-8-13)25-12-17-19-15-5-3-4-6-16(15)26-17/h3-10H,2,11-12H2,1H3. The van der Waals surface area contributed by atoms with E-state index in [9.17, 15) is 4.79 Å². The normalized spacial score (nSPS) is 11.1. The molecule has 0 bridgehead atoms. The summed E-state index contributed by atoms with van der Waals surface area (Å²) in [4.78, 5) is 16.8. The van der Waals surface area contributed by atoms with Crippen LogP contribution in [-0.2, 0) is 13.2 Å². The number of tetrazole rings is 1. The molecule has 0 saturated heterocycles. The van der Waals surface area contributed by atoms with Crippen molar-refractivity contribution in [3.63, 3.8) is 0 Å². The van der Waals surface area contributed by atoms with Crippen molar-refractivity contribution in [2.24, 2.45) is 0 Å². The van der Waals surface area contributed by atoms with Crippen molar-refractivity contribution in [2.45, 2.75) is 26.5 Å². The molecular weight excluding hydrogens is 350 g/mol. The van der Waals surface area contributed by atoms with Gasteiger partial charge in [0.25, 0.3) is 0 Å². The second kappa shape index (κ2) is 7.09. The fourth-order valence-electron chi connectivity index (χ4n) is 2.60. The molecule has 132 valence electrons. The summed E-state index contributed by atoms with van der Waals surface area (Å²) >= 11 is 1.62. The smallest absolute Gasteiger partial charge is 0.368 e. The minimum atomic E-state index is -0.241. The average molecular weight is 367 g/mol. The van der Waals surface area contributed by atoms with Gasteiger partial charge < -0.3 is 4.74 Å². The van der Waals surface area contributed by atoms with Crippen molar-refractivity contribution in [1.82, 2.24) is 24.8 Å². The summed E-state index contributed by atoms with van der Waals surface area (Å²) in [5.74, 6) is 0.710. The Balaban J connectivity index is 1.46. The summed E-state index contributed by atoms with van der Waals surface area (Å²) < 4.78 is 9.60. The summed E-state index contributed by atoms with van der Waals surface area (Å²) in [6, 6.07) is 15.2. The van der Waals surface area contributed by atoms with Gasteiger partial charge in [-0.25, -0.2) is 9.78 Å². The van der Waals surface area contributed by atoms with E-state index in [0.717, 1.165) is 21.6 Å². The lowest BCUT2D eigenvalue weighted by Gasteiger charge is -2.05. The van der Waals surface area contributed by atoms with Crippen molar-refractivity contribution in [2.75, 3.05) is 0 Å². The number of aryl methyl sites for hydroxylation is 1. The van der Waals surface area contributed by atoms with Crippen LogP contribution in [0.2, 0.25) is 0 Å². The van der Waals surface area contributed by atoms with Crippen molar-refractivity contribution >= 4 is 21.6 Å². The van der Waals surface area contributed by atoms with Crippen LogP contribution in [0, 0.1) is 0 Å². The Bertz CT molecular complexity index is 1050. The largest absolute Gasteiger partial charge is 0.486 e. The van der Waals surface area contributed by atoms with Crippen molar-refractivity contribution in [1.29, 1.82) is 0 Å². The molecule has 26 heavy (non-hydrogen) atoms. The van der Waals surface area contributed by atoms with Crippen LogP contribution in [0.5, 0.6) is 5.75 Å². The predicted molar refractivity (Wildman–Crippen MR) is 99.9 cm³/mol. The molecule has 0 atom stereocenters. The van der Waals surface area contributed by atoms with Crippen LogP contribution in [0.1, 0.15) is 18.4 Å². The maximum absolute atomic E-state index is 12.2. The first kappa shape index (κ1) is 16.5. The van der Waals surface area contributed by atoms with E-state index in [4.69, 9.17) is 4.74 Å². The number of hydrogen-bond acceptors (Lipinski definition) is 6. The number of aromatic nitrogens is 5. The van der Waals surface area contributed by atoms with Crippen molar-refractivity contribution in [3.8, 4) is 11.4 Å². The number of thiazole rings is 1. The minimum absolute atomic E-state index is 0.241. The molecule has 0 N–H and O–H groups in total. The number of para-hydroxylation sites is 1. The molecule has 0 aliphatic rings. The maximum Gasteiger partial charge on any atom is 0.368 e. The molecule has 2 aromatic carbocycles. The topological polar surface area (TPSA) is 74.8 Å². The van der Waals surface area contributed by atoms with Gasteiger partial charge in [0.2, 0.25) is 0 Å². The van der Waals surface area contributed by atoms with Gasteiger partial charge in [-0.2, -0.15) is 9.36 Å². The molecule has 0 aliphatic carbocycles. The van der Waals surface area contributed by atoms with Gasteiger partial charge in [-0.05, 0) is 53.2 Å². The Kier molecular flexibility index (Phi) is 4.49. The lowest BCUT2D eigenvalue weighted by molar-refractivity contribution is 0.306. The Morgan fingerprint density at radius 3 is 2.65 bits per heavy atom. The SMILES string of the molecule is CCCn1nnn(-c2ccc(OCc3nc4ccccc4s3)cc2)c1=O. The highest BCUT2D eigenvalue weighted by atomic mass is 32.1. The molecule has 0 radical (unpaired) electrons.